The molecule has 172 valence electrons. The lowest BCUT2D eigenvalue weighted by atomic mass is 10.1. The molecule has 9 nitrogen and oxygen atoms in total. The molecule has 0 saturated carbocycles. The fourth-order valence-electron chi connectivity index (χ4n) is 3.65. The van der Waals surface area contributed by atoms with Gasteiger partial charge in [-0.05, 0) is 59.2 Å². The number of aromatic nitrogens is 6. The molecule has 0 fully saturated rings. The Kier molecular flexibility index (Phi) is 6.58. The Morgan fingerprint density at radius 1 is 1.06 bits per heavy atom. The van der Waals surface area contributed by atoms with Gasteiger partial charge in [-0.2, -0.15) is 14.5 Å². The molecular formula is C24H28N6O3. The largest absolute Gasteiger partial charge is 0.496 e. The van der Waals surface area contributed by atoms with E-state index in [-0.39, 0.29) is 12.3 Å². The standard InChI is InChI=1S/C24H28N6O3/c1-5-6-12-29-15-19(14-25-29)18-10-11-22(17(2)13-18)33-16-20-21(8-7-9-23(20)32-4)30-24(31)28(3)26-27-30/h7-11,13-15H,5-6,12,16H2,1-4H3. The molecule has 0 amide bonds. The van der Waals surface area contributed by atoms with Gasteiger partial charge in [0.2, 0.25) is 0 Å². The molecule has 2 aromatic carbocycles. The fraction of sp³-hybridized carbons (Fsp3) is 0.333. The zero-order valence-electron chi connectivity index (χ0n) is 19.4. The van der Waals surface area contributed by atoms with Gasteiger partial charge in [0.05, 0.1) is 24.6 Å². The Morgan fingerprint density at radius 2 is 1.91 bits per heavy atom. The summed E-state index contributed by atoms with van der Waals surface area (Å²) in [5, 5.41) is 12.2. The second-order valence-corrected chi connectivity index (χ2v) is 7.87. The molecule has 0 aliphatic rings. The first kappa shape index (κ1) is 22.3. The van der Waals surface area contributed by atoms with Crippen LogP contribution in [0.5, 0.6) is 11.5 Å². The fourth-order valence-corrected chi connectivity index (χ4v) is 3.65. The van der Waals surface area contributed by atoms with Crippen LogP contribution in [-0.4, -0.2) is 36.7 Å². The van der Waals surface area contributed by atoms with Gasteiger partial charge in [-0.15, -0.1) is 0 Å². The molecule has 4 rings (SSSR count). The first-order valence-electron chi connectivity index (χ1n) is 10.9. The Labute approximate surface area is 192 Å². The molecule has 0 atom stereocenters. The van der Waals surface area contributed by atoms with E-state index >= 15 is 0 Å². The summed E-state index contributed by atoms with van der Waals surface area (Å²) in [6.07, 6.45) is 6.22. The lowest BCUT2D eigenvalue weighted by Crippen LogP contribution is -2.23. The number of hydrogen-bond donors (Lipinski definition) is 0. The number of rotatable bonds is 9. The Balaban J connectivity index is 1.57. The number of tetrazole rings is 1. The molecule has 33 heavy (non-hydrogen) atoms. The molecule has 0 bridgehead atoms. The van der Waals surface area contributed by atoms with Gasteiger partial charge in [-0.3, -0.25) is 4.68 Å². The maximum Gasteiger partial charge on any atom is 0.368 e. The summed E-state index contributed by atoms with van der Waals surface area (Å²) in [6.45, 7) is 5.31. The van der Waals surface area contributed by atoms with Gasteiger partial charge in [-0.25, -0.2) is 4.79 Å². The maximum atomic E-state index is 12.4. The zero-order chi connectivity index (χ0) is 23.4. The van der Waals surface area contributed by atoms with Gasteiger partial charge < -0.3 is 9.47 Å². The summed E-state index contributed by atoms with van der Waals surface area (Å²) in [5.41, 5.74) is 4.11. The Morgan fingerprint density at radius 3 is 2.61 bits per heavy atom. The van der Waals surface area contributed by atoms with Gasteiger partial charge in [0.25, 0.3) is 0 Å². The van der Waals surface area contributed by atoms with Crippen LogP contribution in [0.3, 0.4) is 0 Å². The molecule has 0 radical (unpaired) electrons. The van der Waals surface area contributed by atoms with Crippen molar-refractivity contribution >= 4 is 0 Å². The third-order valence-corrected chi connectivity index (χ3v) is 5.53. The van der Waals surface area contributed by atoms with Crippen LogP contribution in [0.15, 0.2) is 53.6 Å². The Hall–Kier alpha value is -3.88. The van der Waals surface area contributed by atoms with Crippen molar-refractivity contribution in [3.8, 4) is 28.3 Å². The predicted molar refractivity (Wildman–Crippen MR) is 125 cm³/mol. The first-order valence-corrected chi connectivity index (χ1v) is 10.9. The minimum atomic E-state index is -0.343. The van der Waals surface area contributed by atoms with Crippen molar-refractivity contribution in [2.24, 2.45) is 7.05 Å². The van der Waals surface area contributed by atoms with Crippen LogP contribution in [0.2, 0.25) is 0 Å². The van der Waals surface area contributed by atoms with Gasteiger partial charge >= 0.3 is 5.69 Å². The number of benzene rings is 2. The molecule has 0 unspecified atom stereocenters. The molecule has 2 aromatic heterocycles. The number of nitrogens with zero attached hydrogens (tertiary/aromatic N) is 6. The number of methoxy groups -OCH3 is 1. The van der Waals surface area contributed by atoms with Crippen molar-refractivity contribution in [1.29, 1.82) is 0 Å². The quantitative estimate of drug-likeness (QED) is 0.389. The van der Waals surface area contributed by atoms with Crippen molar-refractivity contribution < 1.29 is 9.47 Å². The van der Waals surface area contributed by atoms with Crippen molar-refractivity contribution in [1.82, 2.24) is 29.6 Å². The molecule has 0 N–H and O–H groups in total. The van der Waals surface area contributed by atoms with Gasteiger partial charge in [-0.1, -0.05) is 25.5 Å². The highest BCUT2D eigenvalue weighted by Crippen LogP contribution is 2.29. The van der Waals surface area contributed by atoms with E-state index in [2.05, 4.69) is 34.7 Å². The summed E-state index contributed by atoms with van der Waals surface area (Å²) < 4.78 is 16.1. The number of aryl methyl sites for hydroxylation is 3. The average molecular weight is 449 g/mol. The predicted octanol–water partition coefficient (Wildman–Crippen LogP) is 3.53. The third-order valence-electron chi connectivity index (χ3n) is 5.53. The van der Waals surface area contributed by atoms with Crippen LogP contribution in [0.4, 0.5) is 0 Å². The van der Waals surface area contributed by atoms with Crippen LogP contribution in [0, 0.1) is 6.92 Å². The third kappa shape index (κ3) is 4.67. The van der Waals surface area contributed by atoms with E-state index < -0.39 is 0 Å². The smallest absolute Gasteiger partial charge is 0.368 e. The summed E-state index contributed by atoms with van der Waals surface area (Å²) in [4.78, 5) is 12.4. The second-order valence-electron chi connectivity index (χ2n) is 7.87. The molecule has 9 heteroatoms. The van der Waals surface area contributed by atoms with Crippen LogP contribution in [0.25, 0.3) is 16.8 Å². The minimum absolute atomic E-state index is 0.206. The van der Waals surface area contributed by atoms with E-state index in [4.69, 9.17) is 9.47 Å². The van der Waals surface area contributed by atoms with Gasteiger partial charge in [0.1, 0.15) is 18.1 Å². The van der Waals surface area contributed by atoms with Crippen LogP contribution in [0.1, 0.15) is 30.9 Å². The zero-order valence-corrected chi connectivity index (χ0v) is 19.4. The number of unbranched alkanes of at least 4 members (excludes halogenated alkanes) is 1. The van der Waals surface area contributed by atoms with E-state index in [9.17, 15) is 4.79 Å². The van der Waals surface area contributed by atoms with Crippen LogP contribution >= 0.6 is 0 Å². The highest BCUT2D eigenvalue weighted by molar-refractivity contribution is 5.64. The molecule has 0 aliphatic heterocycles. The number of hydrogen-bond acceptors (Lipinski definition) is 6. The highest BCUT2D eigenvalue weighted by Gasteiger charge is 2.16. The Bertz CT molecular complexity index is 1300. The molecule has 0 saturated heterocycles. The van der Waals surface area contributed by atoms with Crippen LogP contribution in [-0.2, 0) is 20.2 Å². The topological polar surface area (TPSA) is 89.0 Å². The summed E-state index contributed by atoms with van der Waals surface area (Å²) >= 11 is 0. The molecule has 2 heterocycles. The minimum Gasteiger partial charge on any atom is -0.496 e. The van der Waals surface area contributed by atoms with E-state index in [1.807, 2.05) is 36.0 Å². The molecule has 4 aromatic rings. The van der Waals surface area contributed by atoms with Crippen molar-refractivity contribution in [3.05, 3.63) is 70.4 Å². The average Bonchev–Trinajstić information content (AvgIpc) is 3.43. The van der Waals surface area contributed by atoms with E-state index in [0.717, 1.165) is 41.8 Å². The highest BCUT2D eigenvalue weighted by atomic mass is 16.5. The molecular weight excluding hydrogens is 420 g/mol. The summed E-state index contributed by atoms with van der Waals surface area (Å²) in [6, 6.07) is 11.5. The normalized spacial score (nSPS) is 11.0. The molecule has 0 aliphatic carbocycles. The van der Waals surface area contributed by atoms with Crippen molar-refractivity contribution in [2.75, 3.05) is 7.11 Å². The van der Waals surface area contributed by atoms with E-state index in [1.54, 1.807) is 26.3 Å². The lowest BCUT2D eigenvalue weighted by Gasteiger charge is -2.15. The van der Waals surface area contributed by atoms with Gasteiger partial charge in [0.15, 0.2) is 0 Å². The maximum absolute atomic E-state index is 12.4. The van der Waals surface area contributed by atoms with Crippen molar-refractivity contribution in [3.63, 3.8) is 0 Å². The second kappa shape index (κ2) is 9.72. The number of ether oxygens (including phenoxy) is 2. The monoisotopic (exact) mass is 448 g/mol. The summed E-state index contributed by atoms with van der Waals surface area (Å²) in [5.74, 6) is 1.36. The molecule has 0 spiro atoms. The van der Waals surface area contributed by atoms with E-state index in [0.29, 0.717) is 17.0 Å². The lowest BCUT2D eigenvalue weighted by molar-refractivity contribution is 0.294. The summed E-state index contributed by atoms with van der Waals surface area (Å²) in [7, 11) is 3.14. The van der Waals surface area contributed by atoms with Crippen molar-refractivity contribution in [2.45, 2.75) is 39.8 Å². The SMILES string of the molecule is CCCCn1cc(-c2ccc(OCc3c(OC)cccc3-n3nnn(C)c3=O)c(C)c2)cn1. The van der Waals surface area contributed by atoms with Crippen LogP contribution < -0.4 is 15.2 Å². The van der Waals surface area contributed by atoms with E-state index in [1.165, 1.54) is 9.36 Å². The van der Waals surface area contributed by atoms with Gasteiger partial charge in [0, 0.05) is 25.4 Å². The first-order chi connectivity index (χ1) is 16.0.